The molecule has 104 valence electrons. The van der Waals surface area contributed by atoms with Gasteiger partial charge >= 0.3 is 6.09 Å². The summed E-state index contributed by atoms with van der Waals surface area (Å²) in [5.41, 5.74) is 6.72. The zero-order valence-corrected chi connectivity index (χ0v) is 10.9. The van der Waals surface area contributed by atoms with Crippen LogP contribution in [0.25, 0.3) is 0 Å². The molecule has 1 fully saturated rings. The van der Waals surface area contributed by atoms with E-state index in [4.69, 9.17) is 10.5 Å². The lowest BCUT2D eigenvalue weighted by Crippen LogP contribution is -2.42. The lowest BCUT2D eigenvalue weighted by molar-refractivity contribution is 0.0702. The molecule has 1 aliphatic heterocycles. The summed E-state index contributed by atoms with van der Waals surface area (Å²) in [6.45, 7) is 1.07. The normalized spacial score (nSPS) is 23.8. The number of carbonyl (C=O) groups is 1. The third kappa shape index (κ3) is 3.94. The Morgan fingerprint density at radius 3 is 2.89 bits per heavy atom. The Labute approximate surface area is 113 Å². The molecule has 5 heteroatoms. The van der Waals surface area contributed by atoms with Gasteiger partial charge in [-0.2, -0.15) is 0 Å². The molecule has 1 amide bonds. The van der Waals surface area contributed by atoms with Gasteiger partial charge in [-0.3, -0.25) is 0 Å². The van der Waals surface area contributed by atoms with Crippen LogP contribution in [0.1, 0.15) is 18.4 Å². The van der Waals surface area contributed by atoms with Crippen LogP contribution in [0.3, 0.4) is 0 Å². The van der Waals surface area contributed by atoms with E-state index in [1.807, 2.05) is 30.3 Å². The predicted molar refractivity (Wildman–Crippen MR) is 71.4 cm³/mol. The summed E-state index contributed by atoms with van der Waals surface area (Å²) in [5, 5.41) is 9.79. The third-order valence-electron chi connectivity index (χ3n) is 3.33. The van der Waals surface area contributed by atoms with Crippen molar-refractivity contribution in [2.24, 2.45) is 5.73 Å². The van der Waals surface area contributed by atoms with Gasteiger partial charge in [0.2, 0.25) is 0 Å². The van der Waals surface area contributed by atoms with Crippen LogP contribution in [-0.2, 0) is 11.3 Å². The number of rotatable bonds is 2. The van der Waals surface area contributed by atoms with Crippen molar-refractivity contribution in [1.82, 2.24) is 4.90 Å². The van der Waals surface area contributed by atoms with E-state index in [0.717, 1.165) is 18.4 Å². The molecule has 0 saturated carbocycles. The second kappa shape index (κ2) is 6.54. The summed E-state index contributed by atoms with van der Waals surface area (Å²) in [5.74, 6) is 0. The Balaban J connectivity index is 1.85. The molecular formula is C14H20N2O3. The molecule has 0 spiro atoms. The van der Waals surface area contributed by atoms with E-state index in [1.165, 1.54) is 4.90 Å². The minimum atomic E-state index is -0.674. The Bertz CT molecular complexity index is 410. The summed E-state index contributed by atoms with van der Waals surface area (Å²) in [6, 6.07) is 9.26. The Kier molecular flexibility index (Phi) is 4.76. The van der Waals surface area contributed by atoms with Crippen molar-refractivity contribution < 1.29 is 14.6 Å². The van der Waals surface area contributed by atoms with E-state index < -0.39 is 12.2 Å². The number of likely N-dealkylation sites (tertiary alicyclic amines) is 1. The molecule has 0 aromatic heterocycles. The first-order valence-corrected chi connectivity index (χ1v) is 6.56. The van der Waals surface area contributed by atoms with Gasteiger partial charge in [0.1, 0.15) is 6.61 Å². The maximum atomic E-state index is 11.9. The Hall–Kier alpha value is -1.59. The van der Waals surface area contributed by atoms with Gasteiger partial charge in [0.25, 0.3) is 0 Å². The predicted octanol–water partition coefficient (Wildman–Crippen LogP) is 1.11. The van der Waals surface area contributed by atoms with Gasteiger partial charge in [0, 0.05) is 12.6 Å². The number of aliphatic hydroxyl groups is 1. The topological polar surface area (TPSA) is 75.8 Å². The number of ether oxygens (including phenoxy) is 1. The van der Waals surface area contributed by atoms with E-state index in [2.05, 4.69) is 0 Å². The molecule has 2 atom stereocenters. The van der Waals surface area contributed by atoms with Crippen LogP contribution in [0, 0.1) is 0 Å². The minimum Gasteiger partial charge on any atom is -0.445 e. The van der Waals surface area contributed by atoms with Gasteiger partial charge in [-0.15, -0.1) is 0 Å². The smallest absolute Gasteiger partial charge is 0.410 e. The van der Waals surface area contributed by atoms with Crippen LogP contribution in [0.5, 0.6) is 0 Å². The van der Waals surface area contributed by atoms with Crippen LogP contribution in [0.15, 0.2) is 30.3 Å². The van der Waals surface area contributed by atoms with Crippen molar-refractivity contribution in [2.75, 3.05) is 13.1 Å². The lowest BCUT2D eigenvalue weighted by Gasteiger charge is -2.22. The molecule has 1 aromatic carbocycles. The third-order valence-corrected chi connectivity index (χ3v) is 3.33. The highest BCUT2D eigenvalue weighted by atomic mass is 16.6. The van der Waals surface area contributed by atoms with E-state index in [1.54, 1.807) is 0 Å². The number of amides is 1. The Morgan fingerprint density at radius 1 is 1.42 bits per heavy atom. The second-order valence-corrected chi connectivity index (χ2v) is 4.86. The molecule has 2 rings (SSSR count). The number of hydrogen-bond acceptors (Lipinski definition) is 4. The number of benzene rings is 1. The molecule has 5 nitrogen and oxygen atoms in total. The first-order valence-electron chi connectivity index (χ1n) is 6.56. The summed E-state index contributed by atoms with van der Waals surface area (Å²) in [4.78, 5) is 13.5. The van der Waals surface area contributed by atoms with Crippen molar-refractivity contribution in [3.63, 3.8) is 0 Å². The van der Waals surface area contributed by atoms with Crippen molar-refractivity contribution in [3.05, 3.63) is 35.9 Å². The second-order valence-electron chi connectivity index (χ2n) is 4.86. The zero-order chi connectivity index (χ0) is 13.7. The first-order chi connectivity index (χ1) is 9.16. The van der Waals surface area contributed by atoms with Gasteiger partial charge in [0.15, 0.2) is 0 Å². The number of hydrogen-bond donors (Lipinski definition) is 2. The van der Waals surface area contributed by atoms with Crippen molar-refractivity contribution in [3.8, 4) is 0 Å². The van der Waals surface area contributed by atoms with E-state index in [9.17, 15) is 9.90 Å². The van der Waals surface area contributed by atoms with Crippen LogP contribution in [0.4, 0.5) is 4.79 Å². The number of carbonyl (C=O) groups excluding carboxylic acids is 1. The summed E-state index contributed by atoms with van der Waals surface area (Å²) in [6.07, 6.45) is 0.450. The van der Waals surface area contributed by atoms with Crippen LogP contribution < -0.4 is 5.73 Å². The van der Waals surface area contributed by atoms with Crippen molar-refractivity contribution >= 4 is 6.09 Å². The number of aliphatic hydroxyl groups excluding tert-OH is 1. The molecule has 1 saturated heterocycles. The molecule has 1 heterocycles. The fraction of sp³-hybridized carbons (Fsp3) is 0.500. The van der Waals surface area contributed by atoms with Gasteiger partial charge in [-0.05, 0) is 18.4 Å². The van der Waals surface area contributed by atoms with Gasteiger partial charge in [0.05, 0.1) is 12.6 Å². The largest absolute Gasteiger partial charge is 0.445 e. The zero-order valence-electron chi connectivity index (χ0n) is 10.9. The maximum absolute atomic E-state index is 11.9. The van der Waals surface area contributed by atoms with Gasteiger partial charge in [-0.1, -0.05) is 30.3 Å². The van der Waals surface area contributed by atoms with Crippen LogP contribution in [0.2, 0.25) is 0 Å². The number of nitrogens with zero attached hydrogens (tertiary/aromatic N) is 1. The number of β-amino-alcohol motifs (C(OH)–C–C–N with tert-alkyl or cyclic N) is 1. The molecule has 0 unspecified atom stereocenters. The molecule has 3 N–H and O–H groups in total. The highest BCUT2D eigenvalue weighted by molar-refractivity contribution is 5.67. The molecule has 0 bridgehead atoms. The average molecular weight is 264 g/mol. The molecule has 0 radical (unpaired) electrons. The summed E-state index contributed by atoms with van der Waals surface area (Å²) in [7, 11) is 0. The van der Waals surface area contributed by atoms with E-state index in [0.29, 0.717) is 6.54 Å². The summed E-state index contributed by atoms with van der Waals surface area (Å²) < 4.78 is 5.24. The first kappa shape index (κ1) is 13.8. The van der Waals surface area contributed by atoms with E-state index in [-0.39, 0.29) is 19.2 Å². The average Bonchev–Trinajstić information content (AvgIpc) is 2.60. The number of nitrogens with two attached hydrogens (primary N) is 1. The minimum absolute atomic E-state index is 0.245. The fourth-order valence-corrected chi connectivity index (χ4v) is 2.14. The monoisotopic (exact) mass is 264 g/mol. The maximum Gasteiger partial charge on any atom is 0.410 e. The SMILES string of the molecule is N[C@@H]1CCCN(C(=O)OCc2ccccc2)C[C@@H]1O. The molecule has 1 aliphatic rings. The van der Waals surface area contributed by atoms with Crippen molar-refractivity contribution in [1.29, 1.82) is 0 Å². The van der Waals surface area contributed by atoms with Crippen LogP contribution >= 0.6 is 0 Å². The molecule has 0 aliphatic carbocycles. The molecule has 19 heavy (non-hydrogen) atoms. The summed E-state index contributed by atoms with van der Waals surface area (Å²) >= 11 is 0. The highest BCUT2D eigenvalue weighted by Gasteiger charge is 2.26. The fourth-order valence-electron chi connectivity index (χ4n) is 2.14. The lowest BCUT2D eigenvalue weighted by atomic mass is 10.1. The molecular weight excluding hydrogens is 244 g/mol. The van der Waals surface area contributed by atoms with Gasteiger partial charge in [-0.25, -0.2) is 4.79 Å². The van der Waals surface area contributed by atoms with Crippen molar-refractivity contribution in [2.45, 2.75) is 31.6 Å². The highest BCUT2D eigenvalue weighted by Crippen LogP contribution is 2.12. The standard InChI is InChI=1S/C14H20N2O3/c15-12-7-4-8-16(9-13(12)17)14(18)19-10-11-5-2-1-3-6-11/h1-3,5-6,12-13,17H,4,7-10,15H2/t12-,13+/m1/s1. The van der Waals surface area contributed by atoms with Gasteiger partial charge < -0.3 is 20.5 Å². The van der Waals surface area contributed by atoms with E-state index >= 15 is 0 Å². The van der Waals surface area contributed by atoms with Crippen LogP contribution in [-0.4, -0.2) is 41.3 Å². The Morgan fingerprint density at radius 2 is 2.16 bits per heavy atom. The quantitative estimate of drug-likeness (QED) is 0.839. The molecule has 1 aromatic rings.